The van der Waals surface area contributed by atoms with E-state index in [2.05, 4.69) is 5.32 Å². The number of hydrogen-bond acceptors (Lipinski definition) is 4. The lowest BCUT2D eigenvalue weighted by Crippen LogP contribution is -2.49. The molecule has 0 aliphatic heterocycles. The van der Waals surface area contributed by atoms with Gasteiger partial charge in [0, 0.05) is 0 Å². The first-order chi connectivity index (χ1) is 10.6. The van der Waals surface area contributed by atoms with Crippen LogP contribution in [0.15, 0.2) is 60.7 Å². The van der Waals surface area contributed by atoms with Crippen molar-refractivity contribution in [3.8, 4) is 0 Å². The van der Waals surface area contributed by atoms with Crippen LogP contribution in [0.5, 0.6) is 0 Å². The maximum Gasteiger partial charge on any atom is 0.408 e. The summed E-state index contributed by atoms with van der Waals surface area (Å²) in [5, 5.41) is 13.4. The summed E-state index contributed by atoms with van der Waals surface area (Å²) in [6, 6.07) is 17.0. The lowest BCUT2D eigenvalue weighted by molar-refractivity contribution is -0.308. The van der Waals surface area contributed by atoms with Gasteiger partial charge >= 0.3 is 6.09 Å². The van der Waals surface area contributed by atoms with Crippen LogP contribution < -0.4 is 10.4 Å². The predicted molar refractivity (Wildman–Crippen MR) is 78.7 cm³/mol. The third-order valence-electron chi connectivity index (χ3n) is 3.07. The smallest absolute Gasteiger partial charge is 0.408 e. The minimum Gasteiger partial charge on any atom is -0.548 e. The highest BCUT2D eigenvalue weighted by molar-refractivity contribution is 5.78. The molecule has 2 aromatic carbocycles. The van der Waals surface area contributed by atoms with Gasteiger partial charge in [-0.15, -0.1) is 0 Å². The molecule has 0 saturated carbocycles. The maximum atomic E-state index is 11.7. The van der Waals surface area contributed by atoms with Crippen molar-refractivity contribution in [2.75, 3.05) is 0 Å². The maximum absolute atomic E-state index is 11.7. The number of carbonyl (C=O) groups is 2. The quantitative estimate of drug-likeness (QED) is 0.871. The van der Waals surface area contributed by atoms with Crippen LogP contribution in [0.1, 0.15) is 11.1 Å². The van der Waals surface area contributed by atoms with Crippen LogP contribution in [-0.4, -0.2) is 18.1 Å². The molecule has 0 unspecified atom stereocenters. The Morgan fingerprint density at radius 1 is 0.955 bits per heavy atom. The number of carboxylic acid groups (broad SMARTS) is 1. The number of alkyl carbamates (subject to hydrolysis) is 1. The molecule has 22 heavy (non-hydrogen) atoms. The van der Waals surface area contributed by atoms with Crippen LogP contribution in [0.4, 0.5) is 4.79 Å². The van der Waals surface area contributed by atoms with Crippen molar-refractivity contribution >= 4 is 12.1 Å². The highest BCUT2D eigenvalue weighted by Crippen LogP contribution is 2.04. The SMILES string of the molecule is O=C(N[C@@H](Cc1ccccc1)C(=O)[O-])OCc1ccccc1. The molecule has 2 rings (SSSR count). The molecule has 0 heterocycles. The third kappa shape index (κ3) is 4.94. The molecule has 0 spiro atoms. The van der Waals surface area contributed by atoms with E-state index in [4.69, 9.17) is 4.74 Å². The average Bonchev–Trinajstić information content (AvgIpc) is 2.54. The molecule has 0 aliphatic rings. The minimum atomic E-state index is -1.35. The van der Waals surface area contributed by atoms with Crippen molar-refractivity contribution in [1.82, 2.24) is 5.32 Å². The van der Waals surface area contributed by atoms with Crippen LogP contribution in [0.3, 0.4) is 0 Å². The van der Waals surface area contributed by atoms with Crippen LogP contribution in [0.25, 0.3) is 0 Å². The van der Waals surface area contributed by atoms with E-state index in [1.165, 1.54) is 0 Å². The monoisotopic (exact) mass is 298 g/mol. The lowest BCUT2D eigenvalue weighted by atomic mass is 10.1. The zero-order valence-corrected chi connectivity index (χ0v) is 11.9. The second-order valence-corrected chi connectivity index (χ2v) is 4.77. The molecule has 1 N–H and O–H groups in total. The summed E-state index contributed by atoms with van der Waals surface area (Å²) in [5.74, 6) is -1.35. The number of carboxylic acids is 1. The van der Waals surface area contributed by atoms with Crippen LogP contribution >= 0.6 is 0 Å². The second kappa shape index (κ2) is 7.83. The second-order valence-electron chi connectivity index (χ2n) is 4.77. The molecular weight excluding hydrogens is 282 g/mol. The van der Waals surface area contributed by atoms with Crippen molar-refractivity contribution in [2.45, 2.75) is 19.1 Å². The first kappa shape index (κ1) is 15.6. The van der Waals surface area contributed by atoms with Crippen LogP contribution in [0.2, 0.25) is 0 Å². The molecule has 5 nitrogen and oxygen atoms in total. The number of rotatable bonds is 6. The average molecular weight is 298 g/mol. The third-order valence-corrected chi connectivity index (χ3v) is 3.07. The van der Waals surface area contributed by atoms with E-state index in [0.717, 1.165) is 11.1 Å². The first-order valence-corrected chi connectivity index (χ1v) is 6.87. The Kier molecular flexibility index (Phi) is 5.54. The Morgan fingerprint density at radius 2 is 1.50 bits per heavy atom. The van der Waals surface area contributed by atoms with Gasteiger partial charge in [0.05, 0.1) is 12.0 Å². The van der Waals surface area contributed by atoms with E-state index >= 15 is 0 Å². The summed E-state index contributed by atoms with van der Waals surface area (Å²) in [5.41, 5.74) is 1.62. The molecule has 1 atom stereocenters. The van der Waals surface area contributed by atoms with Crippen molar-refractivity contribution < 1.29 is 19.4 Å². The van der Waals surface area contributed by atoms with Crippen molar-refractivity contribution in [3.63, 3.8) is 0 Å². The summed E-state index contributed by atoms with van der Waals surface area (Å²) in [4.78, 5) is 22.8. The van der Waals surface area contributed by atoms with Gasteiger partial charge in [0.25, 0.3) is 0 Å². The van der Waals surface area contributed by atoms with Gasteiger partial charge in [-0.1, -0.05) is 60.7 Å². The lowest BCUT2D eigenvalue weighted by Gasteiger charge is -2.19. The van der Waals surface area contributed by atoms with Crippen molar-refractivity contribution in [3.05, 3.63) is 71.8 Å². The number of aliphatic carboxylic acids is 1. The molecule has 114 valence electrons. The minimum absolute atomic E-state index is 0.0811. The van der Waals surface area contributed by atoms with E-state index in [0.29, 0.717) is 0 Å². The number of hydrogen-bond donors (Lipinski definition) is 1. The largest absolute Gasteiger partial charge is 0.548 e. The van der Waals surface area contributed by atoms with E-state index in [9.17, 15) is 14.7 Å². The van der Waals surface area contributed by atoms with E-state index in [1.54, 1.807) is 24.3 Å². The van der Waals surface area contributed by atoms with Crippen molar-refractivity contribution in [2.24, 2.45) is 0 Å². The van der Waals surface area contributed by atoms with Crippen LogP contribution in [-0.2, 0) is 22.6 Å². The van der Waals surface area contributed by atoms with Gasteiger partial charge in [-0.05, 0) is 17.5 Å². The molecule has 0 aliphatic carbocycles. The summed E-state index contributed by atoms with van der Waals surface area (Å²) in [7, 11) is 0. The van der Waals surface area contributed by atoms with Gasteiger partial charge < -0.3 is 20.0 Å². The molecule has 0 radical (unpaired) electrons. The molecule has 2 aromatic rings. The van der Waals surface area contributed by atoms with E-state index in [1.807, 2.05) is 36.4 Å². The van der Waals surface area contributed by atoms with E-state index < -0.39 is 18.1 Å². The van der Waals surface area contributed by atoms with Crippen molar-refractivity contribution in [1.29, 1.82) is 0 Å². The van der Waals surface area contributed by atoms with Gasteiger partial charge in [-0.3, -0.25) is 0 Å². The summed E-state index contributed by atoms with van der Waals surface area (Å²) in [6.07, 6.45) is -0.641. The van der Waals surface area contributed by atoms with Crippen LogP contribution in [0, 0.1) is 0 Å². The Hall–Kier alpha value is -2.82. The predicted octanol–water partition coefficient (Wildman–Crippen LogP) is 1.27. The number of ether oxygens (including phenoxy) is 1. The first-order valence-electron chi connectivity index (χ1n) is 6.87. The normalized spacial score (nSPS) is 11.5. The molecule has 0 bridgehead atoms. The fourth-order valence-electron chi connectivity index (χ4n) is 1.95. The number of benzene rings is 2. The highest BCUT2D eigenvalue weighted by atomic mass is 16.5. The molecule has 0 aromatic heterocycles. The Labute approximate surface area is 128 Å². The Morgan fingerprint density at radius 3 is 2.05 bits per heavy atom. The highest BCUT2D eigenvalue weighted by Gasteiger charge is 2.15. The standard InChI is InChI=1S/C17H17NO4/c19-16(20)15(11-13-7-3-1-4-8-13)18-17(21)22-12-14-9-5-2-6-10-14/h1-10,15H,11-12H2,(H,18,21)(H,19,20)/p-1/t15-/m0/s1. The fourth-order valence-corrected chi connectivity index (χ4v) is 1.95. The van der Waals surface area contributed by atoms with Gasteiger partial charge in [-0.25, -0.2) is 4.79 Å². The zero-order valence-electron chi connectivity index (χ0n) is 11.9. The number of carbonyl (C=O) groups excluding carboxylic acids is 2. The zero-order chi connectivity index (χ0) is 15.8. The van der Waals surface area contributed by atoms with Gasteiger partial charge in [-0.2, -0.15) is 0 Å². The fraction of sp³-hybridized carbons (Fsp3) is 0.176. The number of nitrogens with one attached hydrogen (secondary N) is 1. The summed E-state index contributed by atoms with van der Waals surface area (Å²) in [6.45, 7) is 0.0811. The molecule has 0 saturated heterocycles. The molecule has 1 amide bonds. The van der Waals surface area contributed by atoms with E-state index in [-0.39, 0.29) is 13.0 Å². The Balaban J connectivity index is 1.88. The molecule has 5 heteroatoms. The van der Waals surface area contributed by atoms with Gasteiger partial charge in [0.1, 0.15) is 6.61 Å². The molecule has 0 fully saturated rings. The summed E-state index contributed by atoms with van der Waals surface area (Å²) >= 11 is 0. The Bertz CT molecular complexity index is 613. The molecular formula is C17H16NO4-. The summed E-state index contributed by atoms with van der Waals surface area (Å²) < 4.78 is 5.01. The number of amides is 1. The van der Waals surface area contributed by atoms with Gasteiger partial charge in [0.15, 0.2) is 0 Å². The topological polar surface area (TPSA) is 78.5 Å². The van der Waals surface area contributed by atoms with Gasteiger partial charge in [0.2, 0.25) is 0 Å².